The van der Waals surface area contributed by atoms with Crippen molar-refractivity contribution >= 4 is 39.0 Å². The molecule has 0 radical (unpaired) electrons. The standard InChI is InChI=1S/C19H21BrN6O2/c1-13-4-3-8-24(11-13)17-18-23-26(19(28)25(18)9-7-21-17)12-16(27)22-15-6-2-5-14(20)10-15/h2,5-7,9-10,13H,3-4,8,11-12H2,1H3,(H,22,27). The van der Waals surface area contributed by atoms with Crippen LogP contribution in [-0.2, 0) is 11.3 Å². The van der Waals surface area contributed by atoms with Gasteiger partial charge in [-0.05, 0) is 37.0 Å². The molecule has 8 nitrogen and oxygen atoms in total. The smallest absolute Gasteiger partial charge is 0.350 e. The van der Waals surface area contributed by atoms with Crippen LogP contribution in [0.15, 0.2) is 45.9 Å². The summed E-state index contributed by atoms with van der Waals surface area (Å²) in [7, 11) is 0. The van der Waals surface area contributed by atoms with E-state index in [0.717, 1.165) is 24.0 Å². The molecular weight excluding hydrogens is 424 g/mol. The molecule has 146 valence electrons. The van der Waals surface area contributed by atoms with Crippen molar-refractivity contribution in [3.63, 3.8) is 0 Å². The van der Waals surface area contributed by atoms with Crippen LogP contribution in [0.3, 0.4) is 0 Å². The average Bonchev–Trinajstić information content (AvgIpc) is 2.97. The third-order valence-corrected chi connectivity index (χ3v) is 5.33. The van der Waals surface area contributed by atoms with Gasteiger partial charge in [0.1, 0.15) is 6.54 Å². The number of amides is 1. The summed E-state index contributed by atoms with van der Waals surface area (Å²) in [5.74, 6) is 0.947. The molecule has 0 saturated carbocycles. The molecule has 1 fully saturated rings. The predicted octanol–water partition coefficient (Wildman–Crippen LogP) is 2.53. The fourth-order valence-electron chi connectivity index (χ4n) is 3.55. The molecule has 28 heavy (non-hydrogen) atoms. The lowest BCUT2D eigenvalue weighted by Gasteiger charge is -2.31. The Kier molecular flexibility index (Phi) is 5.17. The van der Waals surface area contributed by atoms with E-state index in [1.807, 2.05) is 12.1 Å². The van der Waals surface area contributed by atoms with Crippen LogP contribution in [-0.4, -0.2) is 38.2 Å². The predicted molar refractivity (Wildman–Crippen MR) is 111 cm³/mol. The van der Waals surface area contributed by atoms with Crippen LogP contribution in [0.25, 0.3) is 5.65 Å². The average molecular weight is 445 g/mol. The lowest BCUT2D eigenvalue weighted by atomic mass is 10.0. The second kappa shape index (κ2) is 7.75. The van der Waals surface area contributed by atoms with E-state index < -0.39 is 0 Å². The second-order valence-corrected chi connectivity index (χ2v) is 8.05. The van der Waals surface area contributed by atoms with Crippen LogP contribution in [0.5, 0.6) is 0 Å². The van der Waals surface area contributed by atoms with Gasteiger partial charge in [0.2, 0.25) is 11.6 Å². The van der Waals surface area contributed by atoms with E-state index in [1.54, 1.807) is 24.5 Å². The summed E-state index contributed by atoms with van der Waals surface area (Å²) in [6.45, 7) is 3.82. The number of rotatable bonds is 4. The molecule has 9 heteroatoms. The molecule has 1 unspecified atom stereocenters. The zero-order valence-corrected chi connectivity index (χ0v) is 17.1. The highest BCUT2D eigenvalue weighted by atomic mass is 79.9. The number of hydrogen-bond donors (Lipinski definition) is 1. The van der Waals surface area contributed by atoms with Crippen molar-refractivity contribution in [2.24, 2.45) is 5.92 Å². The quantitative estimate of drug-likeness (QED) is 0.668. The first-order valence-corrected chi connectivity index (χ1v) is 10.0. The van der Waals surface area contributed by atoms with Gasteiger partial charge < -0.3 is 10.2 Å². The molecule has 1 saturated heterocycles. The zero-order chi connectivity index (χ0) is 19.7. The Balaban J connectivity index is 1.60. The van der Waals surface area contributed by atoms with E-state index in [1.165, 1.54) is 15.5 Å². The van der Waals surface area contributed by atoms with Crippen LogP contribution in [0.4, 0.5) is 11.5 Å². The SMILES string of the molecule is CC1CCCN(c2nccn3c(=O)n(CC(=O)Nc4cccc(Br)c4)nc23)C1. The van der Waals surface area contributed by atoms with Gasteiger partial charge in [0.25, 0.3) is 0 Å². The maximum absolute atomic E-state index is 12.7. The molecule has 1 aromatic carbocycles. The van der Waals surface area contributed by atoms with Crippen LogP contribution in [0.2, 0.25) is 0 Å². The highest BCUT2D eigenvalue weighted by Crippen LogP contribution is 2.23. The maximum Gasteiger partial charge on any atom is 0.350 e. The van der Waals surface area contributed by atoms with Gasteiger partial charge in [0, 0.05) is 35.6 Å². The molecular formula is C19H21BrN6O2. The van der Waals surface area contributed by atoms with E-state index in [9.17, 15) is 9.59 Å². The van der Waals surface area contributed by atoms with Gasteiger partial charge in [-0.25, -0.2) is 18.9 Å². The number of aromatic nitrogens is 4. The van der Waals surface area contributed by atoms with Gasteiger partial charge in [0.05, 0.1) is 0 Å². The second-order valence-electron chi connectivity index (χ2n) is 7.14. The summed E-state index contributed by atoms with van der Waals surface area (Å²) in [4.78, 5) is 31.7. The Morgan fingerprint density at radius 2 is 2.25 bits per heavy atom. The van der Waals surface area contributed by atoms with Crippen molar-refractivity contribution in [1.82, 2.24) is 19.2 Å². The van der Waals surface area contributed by atoms with E-state index in [2.05, 4.69) is 43.2 Å². The number of benzene rings is 1. The number of carbonyl (C=O) groups excluding carboxylic acids is 1. The summed E-state index contributed by atoms with van der Waals surface area (Å²) in [6.07, 6.45) is 5.47. The van der Waals surface area contributed by atoms with Crippen molar-refractivity contribution in [1.29, 1.82) is 0 Å². The summed E-state index contributed by atoms with van der Waals surface area (Å²) in [5, 5.41) is 7.19. The van der Waals surface area contributed by atoms with E-state index >= 15 is 0 Å². The van der Waals surface area contributed by atoms with Crippen molar-refractivity contribution in [2.75, 3.05) is 23.3 Å². The monoisotopic (exact) mass is 444 g/mol. The maximum atomic E-state index is 12.7. The third kappa shape index (κ3) is 3.80. The minimum absolute atomic E-state index is 0.164. The van der Waals surface area contributed by atoms with Crippen molar-refractivity contribution in [2.45, 2.75) is 26.3 Å². The summed E-state index contributed by atoms with van der Waals surface area (Å²) >= 11 is 3.37. The van der Waals surface area contributed by atoms with Crippen molar-refractivity contribution in [3.8, 4) is 0 Å². The first kappa shape index (κ1) is 18.7. The van der Waals surface area contributed by atoms with Crippen molar-refractivity contribution < 1.29 is 4.79 Å². The van der Waals surface area contributed by atoms with Gasteiger partial charge in [-0.15, -0.1) is 5.10 Å². The molecule has 4 rings (SSSR count). The number of nitrogens with one attached hydrogen (secondary N) is 1. The van der Waals surface area contributed by atoms with Gasteiger partial charge in [0.15, 0.2) is 5.82 Å². The molecule has 0 aliphatic carbocycles. The molecule has 0 spiro atoms. The molecule has 1 aliphatic rings. The first-order chi connectivity index (χ1) is 13.5. The Bertz CT molecular complexity index is 1080. The molecule has 3 heterocycles. The van der Waals surface area contributed by atoms with Gasteiger partial charge in [-0.2, -0.15) is 0 Å². The Morgan fingerprint density at radius 1 is 1.39 bits per heavy atom. The molecule has 3 aromatic rings. The van der Waals surface area contributed by atoms with Crippen molar-refractivity contribution in [3.05, 3.63) is 51.6 Å². The largest absolute Gasteiger partial charge is 0.353 e. The minimum Gasteiger partial charge on any atom is -0.353 e. The zero-order valence-electron chi connectivity index (χ0n) is 15.5. The summed E-state index contributed by atoms with van der Waals surface area (Å²) in [5.41, 5.74) is 0.783. The van der Waals surface area contributed by atoms with E-state index in [-0.39, 0.29) is 18.1 Å². The van der Waals surface area contributed by atoms with E-state index in [4.69, 9.17) is 0 Å². The number of fused-ring (bicyclic) bond motifs is 1. The van der Waals surface area contributed by atoms with E-state index in [0.29, 0.717) is 23.1 Å². The molecule has 1 N–H and O–H groups in total. The Morgan fingerprint density at radius 3 is 3.04 bits per heavy atom. The van der Waals surface area contributed by atoms with Crippen LogP contribution >= 0.6 is 15.9 Å². The minimum atomic E-state index is -0.354. The Hall–Kier alpha value is -2.68. The van der Waals surface area contributed by atoms with Crippen LogP contribution in [0.1, 0.15) is 19.8 Å². The fraction of sp³-hybridized carbons (Fsp3) is 0.368. The molecule has 2 aromatic heterocycles. The highest BCUT2D eigenvalue weighted by molar-refractivity contribution is 9.10. The summed E-state index contributed by atoms with van der Waals surface area (Å²) in [6, 6.07) is 7.28. The lowest BCUT2D eigenvalue weighted by Crippen LogP contribution is -2.35. The number of anilines is 2. The number of carbonyl (C=O) groups is 1. The normalized spacial score (nSPS) is 17.1. The molecule has 1 atom stereocenters. The number of nitrogens with zero attached hydrogens (tertiary/aromatic N) is 5. The number of halogens is 1. The van der Waals surface area contributed by atoms with Gasteiger partial charge in [-0.3, -0.25) is 4.79 Å². The fourth-order valence-corrected chi connectivity index (χ4v) is 3.95. The molecule has 0 bridgehead atoms. The molecule has 1 aliphatic heterocycles. The topological polar surface area (TPSA) is 84.5 Å². The highest BCUT2D eigenvalue weighted by Gasteiger charge is 2.22. The molecule has 1 amide bonds. The third-order valence-electron chi connectivity index (χ3n) is 4.84. The summed E-state index contributed by atoms with van der Waals surface area (Å²) < 4.78 is 3.50. The Labute approximate surface area is 170 Å². The van der Waals surface area contributed by atoms with Crippen LogP contribution in [0, 0.1) is 5.92 Å². The first-order valence-electron chi connectivity index (χ1n) is 9.26. The van der Waals surface area contributed by atoms with Gasteiger partial charge >= 0.3 is 5.69 Å². The lowest BCUT2D eigenvalue weighted by molar-refractivity contribution is -0.117. The number of hydrogen-bond acceptors (Lipinski definition) is 5. The van der Waals surface area contributed by atoms with Gasteiger partial charge in [-0.1, -0.05) is 28.9 Å². The van der Waals surface area contributed by atoms with Crippen LogP contribution < -0.4 is 15.9 Å². The number of piperidine rings is 1.